The van der Waals surface area contributed by atoms with Gasteiger partial charge < -0.3 is 0 Å². The molecule has 0 heterocycles. The fraction of sp³-hybridized carbons (Fsp3) is 0.923. The Labute approximate surface area is 177 Å². The Balaban J connectivity index is 1.60. The highest BCUT2D eigenvalue weighted by molar-refractivity contribution is 6.84. The van der Waals surface area contributed by atoms with Gasteiger partial charge in [-0.2, -0.15) is 0 Å². The van der Waals surface area contributed by atoms with Gasteiger partial charge in [0.2, 0.25) is 0 Å². The Hall–Kier alpha value is 0.0218. The van der Waals surface area contributed by atoms with Crippen LogP contribution in [0.4, 0.5) is 0 Å². The molecule has 8 atom stereocenters. The van der Waals surface area contributed by atoms with Gasteiger partial charge in [-0.15, -0.1) is 6.58 Å². The second-order valence-electron chi connectivity index (χ2n) is 14.0. The molecule has 0 N–H and O–H groups in total. The molecule has 0 aromatic rings. The summed E-state index contributed by atoms with van der Waals surface area (Å²) in [6.45, 7) is 28.7. The third kappa shape index (κ3) is 2.97. The van der Waals surface area contributed by atoms with E-state index in [1.807, 2.05) is 0 Å². The van der Waals surface area contributed by atoms with E-state index in [9.17, 15) is 0 Å². The van der Waals surface area contributed by atoms with Crippen LogP contribution >= 0.6 is 0 Å². The Kier molecular flexibility index (Phi) is 4.94. The summed E-state index contributed by atoms with van der Waals surface area (Å²) < 4.78 is 0. The maximum absolute atomic E-state index is 4.68. The van der Waals surface area contributed by atoms with E-state index in [2.05, 4.69) is 67.8 Å². The first kappa shape index (κ1) is 21.3. The molecule has 0 nitrogen and oxygen atoms in total. The molecular formula is C26H47BSi. The number of hydrogen-bond acceptors (Lipinski definition) is 0. The highest BCUT2D eigenvalue weighted by Crippen LogP contribution is 2.70. The summed E-state index contributed by atoms with van der Waals surface area (Å²) in [4.78, 5) is 0. The Bertz CT molecular complexity index is 599. The van der Waals surface area contributed by atoms with Gasteiger partial charge in [-0.1, -0.05) is 97.2 Å². The van der Waals surface area contributed by atoms with Gasteiger partial charge in [0, 0.05) is 0 Å². The monoisotopic (exact) mass is 398 g/mol. The Morgan fingerprint density at radius 3 is 1.50 bits per heavy atom. The average molecular weight is 399 g/mol. The third-order valence-electron chi connectivity index (χ3n) is 11.5. The van der Waals surface area contributed by atoms with Crippen molar-refractivity contribution in [1.29, 1.82) is 0 Å². The quantitative estimate of drug-likeness (QED) is 0.411. The summed E-state index contributed by atoms with van der Waals surface area (Å²) in [6.07, 6.45) is 7.40. The minimum Gasteiger partial charge on any atom is -0.104 e. The van der Waals surface area contributed by atoms with Gasteiger partial charge in [-0.05, 0) is 59.2 Å². The molecule has 6 rings (SSSR count). The maximum Gasteiger partial charge on any atom is 0.150 e. The van der Waals surface area contributed by atoms with Crippen molar-refractivity contribution in [3.05, 3.63) is 11.8 Å². The van der Waals surface area contributed by atoms with Crippen LogP contribution in [0, 0.1) is 46.3 Å². The second kappa shape index (κ2) is 6.51. The number of hydrogen-bond donors (Lipinski definition) is 0. The smallest absolute Gasteiger partial charge is 0.104 e. The van der Waals surface area contributed by atoms with Crippen molar-refractivity contribution in [2.75, 3.05) is 0 Å². The normalized spacial score (nSPS) is 45.6. The molecule has 6 fully saturated rings. The van der Waals surface area contributed by atoms with E-state index in [0.29, 0.717) is 10.8 Å². The summed E-state index contributed by atoms with van der Waals surface area (Å²) >= 11 is 0. The van der Waals surface area contributed by atoms with Crippen LogP contribution < -0.4 is 0 Å². The zero-order chi connectivity index (χ0) is 20.8. The lowest BCUT2D eigenvalue weighted by molar-refractivity contribution is -0.107. The van der Waals surface area contributed by atoms with Crippen LogP contribution in [0.1, 0.15) is 67.2 Å². The van der Waals surface area contributed by atoms with E-state index in [4.69, 9.17) is 0 Å². The highest BCUT2D eigenvalue weighted by Gasteiger charge is 2.62. The summed E-state index contributed by atoms with van der Waals surface area (Å²) in [7, 11) is -1.26. The molecule has 6 aliphatic carbocycles. The second-order valence-corrected chi connectivity index (χ2v) is 19.2. The number of rotatable bonds is 5. The molecule has 6 saturated carbocycles. The van der Waals surface area contributed by atoms with Crippen LogP contribution in [0.15, 0.2) is 11.8 Å². The summed E-state index contributed by atoms with van der Waals surface area (Å²) in [6, 6.07) is 0. The van der Waals surface area contributed by atoms with Crippen molar-refractivity contribution in [3.63, 3.8) is 0 Å². The number of fused-ring (bicyclic) bond motifs is 4. The van der Waals surface area contributed by atoms with Gasteiger partial charge >= 0.3 is 0 Å². The minimum absolute atomic E-state index is 0.610. The van der Waals surface area contributed by atoms with Crippen LogP contribution in [0.3, 0.4) is 0 Å². The lowest BCUT2D eigenvalue weighted by Gasteiger charge is -2.66. The van der Waals surface area contributed by atoms with Crippen molar-refractivity contribution in [2.45, 2.75) is 105 Å². The molecule has 0 spiro atoms. The van der Waals surface area contributed by atoms with E-state index in [-0.39, 0.29) is 0 Å². The number of allylic oxidation sites excluding steroid dienone is 1. The fourth-order valence-electron chi connectivity index (χ4n) is 8.72. The fourth-order valence-corrected chi connectivity index (χ4v) is 9.57. The van der Waals surface area contributed by atoms with Crippen molar-refractivity contribution >= 4 is 14.8 Å². The van der Waals surface area contributed by atoms with Crippen molar-refractivity contribution in [1.82, 2.24) is 0 Å². The van der Waals surface area contributed by atoms with Gasteiger partial charge in [0.05, 0.1) is 8.07 Å². The topological polar surface area (TPSA) is 0 Å². The van der Waals surface area contributed by atoms with E-state index in [1.165, 1.54) is 32.0 Å². The van der Waals surface area contributed by atoms with Gasteiger partial charge in [0.1, 0.15) is 0 Å². The van der Waals surface area contributed by atoms with Crippen LogP contribution in [0.25, 0.3) is 0 Å². The Morgan fingerprint density at radius 1 is 0.821 bits per heavy atom. The maximum atomic E-state index is 4.68. The SMILES string of the molecule is C=C(CB([C@@H]1C[C@@H]2C[C@H]([C@H]1C)C2(C)C)[C@@H]1C[C@@H]2C[C@H]([C@H]1C)C2(C)C)[Si](C)(C)C. The molecule has 6 aliphatic rings. The van der Waals surface area contributed by atoms with Crippen LogP contribution in [0.5, 0.6) is 0 Å². The standard InChI is InChI=1S/C26H47BSi/c1-16(28(8,9)10)15-27(23-13-19-11-21(17(23)2)25(19,4)5)24-14-20-12-22(18(24)3)26(20,6)7/h17-24H,1,11-15H2,2-10H3/t17-,18-,19+,20+,21-,22-,23-,24-/m1/s1. The van der Waals surface area contributed by atoms with Gasteiger partial charge in [0.15, 0.2) is 6.71 Å². The van der Waals surface area contributed by atoms with E-state index in [0.717, 1.165) is 53.9 Å². The summed E-state index contributed by atoms with van der Waals surface area (Å²) in [5.41, 5.74) is 1.22. The predicted octanol–water partition coefficient (Wildman–Crippen LogP) is 8.06. The van der Waals surface area contributed by atoms with Gasteiger partial charge in [-0.3, -0.25) is 0 Å². The van der Waals surface area contributed by atoms with Crippen molar-refractivity contribution in [3.8, 4) is 0 Å². The van der Waals surface area contributed by atoms with Crippen molar-refractivity contribution in [2.24, 2.45) is 46.3 Å². The molecule has 158 valence electrons. The molecule has 4 bridgehead atoms. The zero-order valence-corrected chi connectivity index (χ0v) is 21.4. The summed E-state index contributed by atoms with van der Waals surface area (Å²) in [5, 5.41) is 1.65. The molecule has 0 amide bonds. The molecule has 0 aromatic carbocycles. The largest absolute Gasteiger partial charge is 0.150 e. The zero-order valence-electron chi connectivity index (χ0n) is 20.4. The summed E-state index contributed by atoms with van der Waals surface area (Å²) in [5.74, 6) is 7.68. The van der Waals surface area contributed by atoms with Gasteiger partial charge in [0.25, 0.3) is 0 Å². The lowest BCUT2D eigenvalue weighted by atomic mass is 9.20. The molecule has 0 aliphatic heterocycles. The minimum atomic E-state index is -1.26. The molecule has 28 heavy (non-hydrogen) atoms. The van der Waals surface area contributed by atoms with Crippen molar-refractivity contribution < 1.29 is 0 Å². The first-order chi connectivity index (χ1) is 12.8. The molecular weight excluding hydrogens is 351 g/mol. The highest BCUT2D eigenvalue weighted by atomic mass is 28.3. The first-order valence-electron chi connectivity index (χ1n) is 12.4. The Morgan fingerprint density at radius 2 is 1.21 bits per heavy atom. The lowest BCUT2D eigenvalue weighted by Crippen LogP contribution is -2.59. The van der Waals surface area contributed by atoms with E-state index < -0.39 is 8.07 Å². The molecule has 2 heteroatoms. The average Bonchev–Trinajstić information content (AvgIpc) is 2.58. The van der Waals surface area contributed by atoms with Crippen LogP contribution in [-0.2, 0) is 0 Å². The predicted molar refractivity (Wildman–Crippen MR) is 129 cm³/mol. The van der Waals surface area contributed by atoms with Crippen LogP contribution in [-0.4, -0.2) is 14.8 Å². The van der Waals surface area contributed by atoms with E-state index in [1.54, 1.807) is 5.20 Å². The third-order valence-corrected chi connectivity index (χ3v) is 13.8. The molecule has 0 saturated heterocycles. The molecule has 0 radical (unpaired) electrons. The first-order valence-corrected chi connectivity index (χ1v) is 15.9. The molecule has 0 unspecified atom stereocenters. The van der Waals surface area contributed by atoms with Gasteiger partial charge in [-0.25, -0.2) is 0 Å². The molecule has 0 aromatic heterocycles. The van der Waals surface area contributed by atoms with E-state index >= 15 is 0 Å². The van der Waals surface area contributed by atoms with Crippen LogP contribution in [0.2, 0.25) is 37.6 Å².